The molecule has 20 heavy (non-hydrogen) atoms. The average molecular weight is 339 g/mol. The van der Waals surface area contributed by atoms with Crippen LogP contribution in [-0.2, 0) is 6.61 Å². The zero-order valence-electron chi connectivity index (χ0n) is 10.7. The van der Waals surface area contributed by atoms with Crippen LogP contribution in [0.3, 0.4) is 0 Å². The number of halogens is 2. The Morgan fingerprint density at radius 3 is 2.70 bits per heavy atom. The molecule has 0 bridgehead atoms. The van der Waals surface area contributed by atoms with Crippen LogP contribution in [0.2, 0.25) is 0 Å². The molecular formula is C15H12BrFO3. The lowest BCUT2D eigenvalue weighted by atomic mass is 10.2. The highest BCUT2D eigenvalue weighted by atomic mass is 79.9. The number of hydrogen-bond acceptors (Lipinski definition) is 3. The molecule has 2 aromatic rings. The van der Waals surface area contributed by atoms with Crippen molar-refractivity contribution >= 4 is 22.2 Å². The molecule has 0 atom stereocenters. The number of benzene rings is 2. The Morgan fingerprint density at radius 1 is 1.30 bits per heavy atom. The maximum absolute atomic E-state index is 13.5. The van der Waals surface area contributed by atoms with Gasteiger partial charge in [0.25, 0.3) is 0 Å². The van der Waals surface area contributed by atoms with Gasteiger partial charge in [-0.1, -0.05) is 18.2 Å². The van der Waals surface area contributed by atoms with E-state index in [1.165, 1.54) is 13.2 Å². The lowest BCUT2D eigenvalue weighted by Gasteiger charge is -2.13. The number of rotatable bonds is 5. The van der Waals surface area contributed by atoms with Gasteiger partial charge in [0.1, 0.15) is 18.7 Å². The van der Waals surface area contributed by atoms with Gasteiger partial charge in [-0.15, -0.1) is 0 Å². The third-order valence-electron chi connectivity index (χ3n) is 2.72. The van der Waals surface area contributed by atoms with Crippen LogP contribution in [0.5, 0.6) is 11.5 Å². The summed E-state index contributed by atoms with van der Waals surface area (Å²) in [6, 6.07) is 9.56. The summed E-state index contributed by atoms with van der Waals surface area (Å²) in [6.07, 6.45) is 0.716. The van der Waals surface area contributed by atoms with E-state index in [4.69, 9.17) is 9.47 Å². The number of carbonyl (C=O) groups excluding carboxylic acids is 1. The van der Waals surface area contributed by atoms with Crippen molar-refractivity contribution in [2.45, 2.75) is 6.61 Å². The first kappa shape index (κ1) is 14.5. The van der Waals surface area contributed by atoms with Crippen LogP contribution in [0, 0.1) is 5.82 Å². The number of hydrogen-bond donors (Lipinski definition) is 0. The standard InChI is InChI=1S/C15H12BrFO3/c1-19-14-7-10(8-18)6-12(16)15(14)20-9-11-4-2-3-5-13(11)17/h2-8H,9H2,1H3. The lowest BCUT2D eigenvalue weighted by Crippen LogP contribution is -2.01. The van der Waals surface area contributed by atoms with Crippen molar-refractivity contribution in [3.63, 3.8) is 0 Å². The monoisotopic (exact) mass is 338 g/mol. The van der Waals surface area contributed by atoms with Gasteiger partial charge < -0.3 is 9.47 Å². The van der Waals surface area contributed by atoms with Crippen LogP contribution >= 0.6 is 15.9 Å². The Morgan fingerprint density at radius 2 is 2.05 bits per heavy atom. The fraction of sp³-hybridized carbons (Fsp3) is 0.133. The van der Waals surface area contributed by atoms with Crippen molar-refractivity contribution in [2.75, 3.05) is 7.11 Å². The molecule has 2 rings (SSSR count). The second kappa shape index (κ2) is 6.52. The highest BCUT2D eigenvalue weighted by Gasteiger charge is 2.12. The van der Waals surface area contributed by atoms with Crippen LogP contribution in [-0.4, -0.2) is 13.4 Å². The van der Waals surface area contributed by atoms with Gasteiger partial charge in [0, 0.05) is 11.1 Å². The summed E-state index contributed by atoms with van der Waals surface area (Å²) >= 11 is 3.31. The Bertz CT molecular complexity index is 629. The number of ether oxygens (including phenoxy) is 2. The molecule has 0 radical (unpaired) electrons. The second-order valence-electron chi connectivity index (χ2n) is 4.03. The molecule has 3 nitrogen and oxygen atoms in total. The van der Waals surface area contributed by atoms with E-state index in [0.717, 1.165) is 0 Å². The van der Waals surface area contributed by atoms with Gasteiger partial charge in [0.05, 0.1) is 11.6 Å². The molecule has 0 aliphatic rings. The van der Waals surface area contributed by atoms with Crippen LogP contribution in [0.15, 0.2) is 40.9 Å². The van der Waals surface area contributed by atoms with Gasteiger partial charge in [-0.3, -0.25) is 4.79 Å². The molecule has 0 unspecified atom stereocenters. The van der Waals surface area contributed by atoms with Crippen LogP contribution in [0.1, 0.15) is 15.9 Å². The Labute approximate surface area is 124 Å². The minimum atomic E-state index is -0.327. The highest BCUT2D eigenvalue weighted by molar-refractivity contribution is 9.10. The molecule has 0 aromatic heterocycles. The molecule has 0 heterocycles. The minimum absolute atomic E-state index is 0.0715. The quantitative estimate of drug-likeness (QED) is 0.773. The molecule has 0 N–H and O–H groups in total. The summed E-state index contributed by atoms with van der Waals surface area (Å²) in [4.78, 5) is 10.8. The van der Waals surface area contributed by atoms with Gasteiger partial charge >= 0.3 is 0 Å². The normalized spacial score (nSPS) is 10.2. The summed E-state index contributed by atoms with van der Waals surface area (Å²) in [5.41, 5.74) is 0.910. The van der Waals surface area contributed by atoms with Crippen LogP contribution < -0.4 is 9.47 Å². The SMILES string of the molecule is COc1cc(C=O)cc(Br)c1OCc1ccccc1F. The number of aldehydes is 1. The first-order chi connectivity index (χ1) is 9.65. The van der Waals surface area contributed by atoms with Gasteiger partial charge in [-0.05, 0) is 34.1 Å². The van der Waals surface area contributed by atoms with E-state index in [9.17, 15) is 9.18 Å². The third kappa shape index (κ3) is 3.17. The topological polar surface area (TPSA) is 35.5 Å². The molecule has 0 fully saturated rings. The fourth-order valence-electron chi connectivity index (χ4n) is 1.71. The molecule has 5 heteroatoms. The highest BCUT2D eigenvalue weighted by Crippen LogP contribution is 2.36. The maximum Gasteiger partial charge on any atom is 0.175 e. The van der Waals surface area contributed by atoms with Gasteiger partial charge in [0.2, 0.25) is 0 Å². The van der Waals surface area contributed by atoms with Gasteiger partial charge in [-0.2, -0.15) is 0 Å². The lowest BCUT2D eigenvalue weighted by molar-refractivity contribution is 0.112. The molecule has 104 valence electrons. The predicted molar refractivity (Wildman–Crippen MR) is 76.8 cm³/mol. The summed E-state index contributed by atoms with van der Waals surface area (Å²) in [6.45, 7) is 0.0715. The van der Waals surface area contributed by atoms with E-state index in [1.807, 2.05) is 0 Å². The van der Waals surface area contributed by atoms with Crippen molar-refractivity contribution in [1.82, 2.24) is 0 Å². The second-order valence-corrected chi connectivity index (χ2v) is 4.89. The molecule has 0 amide bonds. The van der Waals surface area contributed by atoms with Crippen molar-refractivity contribution in [1.29, 1.82) is 0 Å². The average Bonchev–Trinajstić information content (AvgIpc) is 2.46. The molecular weight excluding hydrogens is 327 g/mol. The van der Waals surface area contributed by atoms with E-state index in [1.54, 1.807) is 30.3 Å². The first-order valence-electron chi connectivity index (χ1n) is 5.84. The molecule has 0 spiro atoms. The summed E-state index contributed by atoms with van der Waals surface area (Å²) in [5.74, 6) is 0.520. The van der Waals surface area contributed by atoms with Crippen molar-refractivity contribution < 1.29 is 18.7 Å². The Hall–Kier alpha value is -1.88. The van der Waals surface area contributed by atoms with E-state index in [0.29, 0.717) is 33.4 Å². The maximum atomic E-state index is 13.5. The molecule has 0 aliphatic heterocycles. The summed E-state index contributed by atoms with van der Waals surface area (Å²) < 4.78 is 24.9. The number of carbonyl (C=O) groups is 1. The smallest absolute Gasteiger partial charge is 0.175 e. The Balaban J connectivity index is 2.25. The van der Waals surface area contributed by atoms with Crippen molar-refractivity contribution in [3.05, 3.63) is 57.8 Å². The van der Waals surface area contributed by atoms with Crippen LogP contribution in [0.4, 0.5) is 4.39 Å². The largest absolute Gasteiger partial charge is 0.493 e. The predicted octanol–water partition coefficient (Wildman–Crippen LogP) is 3.99. The minimum Gasteiger partial charge on any atom is -0.493 e. The van der Waals surface area contributed by atoms with Crippen molar-refractivity contribution in [3.8, 4) is 11.5 Å². The van der Waals surface area contributed by atoms with Gasteiger partial charge in [0.15, 0.2) is 11.5 Å². The fourth-order valence-corrected chi connectivity index (χ4v) is 2.29. The molecule has 0 aliphatic carbocycles. The Kier molecular flexibility index (Phi) is 4.74. The summed E-state index contributed by atoms with van der Waals surface area (Å²) in [7, 11) is 1.48. The van der Waals surface area contributed by atoms with E-state index < -0.39 is 0 Å². The molecule has 0 saturated carbocycles. The molecule has 0 saturated heterocycles. The zero-order chi connectivity index (χ0) is 14.5. The number of methoxy groups -OCH3 is 1. The molecule has 2 aromatic carbocycles. The van der Waals surface area contributed by atoms with E-state index in [-0.39, 0.29) is 12.4 Å². The van der Waals surface area contributed by atoms with E-state index >= 15 is 0 Å². The zero-order valence-corrected chi connectivity index (χ0v) is 12.3. The van der Waals surface area contributed by atoms with E-state index in [2.05, 4.69) is 15.9 Å². The first-order valence-corrected chi connectivity index (χ1v) is 6.64. The third-order valence-corrected chi connectivity index (χ3v) is 3.31. The summed E-state index contributed by atoms with van der Waals surface area (Å²) in [5, 5.41) is 0. The van der Waals surface area contributed by atoms with Crippen LogP contribution in [0.25, 0.3) is 0 Å². The van der Waals surface area contributed by atoms with Crippen molar-refractivity contribution in [2.24, 2.45) is 0 Å². The van der Waals surface area contributed by atoms with Gasteiger partial charge in [-0.25, -0.2) is 4.39 Å².